The van der Waals surface area contributed by atoms with Gasteiger partial charge in [0.2, 0.25) is 23.7 Å². The van der Waals surface area contributed by atoms with E-state index in [2.05, 4.69) is 46.8 Å². The van der Waals surface area contributed by atoms with Gasteiger partial charge in [-0.05, 0) is 102 Å². The zero-order chi connectivity index (χ0) is 55.7. The number of β-amino-alcohol motifs (C(OH)–C–C–N with tert-alkyl or cyclic N) is 1. The summed E-state index contributed by atoms with van der Waals surface area (Å²) >= 11 is 5.09. The number of unbranched alkanes of at least 4 members (excludes halogenated alkanes) is 2. The highest BCUT2D eigenvalue weighted by Gasteiger charge is 2.44. The molecule has 2 aromatic heterocycles. The number of aliphatic hydroxyl groups is 1. The second-order valence-corrected chi connectivity index (χ2v) is 22.6. The number of ketones is 1. The molecule has 3 amide bonds. The Kier molecular flexibility index (Phi) is 26.1. The van der Waals surface area contributed by atoms with Crippen molar-refractivity contribution in [3.8, 4) is 16.2 Å². The van der Waals surface area contributed by atoms with Gasteiger partial charge in [0.25, 0.3) is 0 Å². The largest absolute Gasteiger partial charge is 0.491 e. The monoisotopic (exact) mass is 1160 g/mol. The number of likely N-dealkylation sites (tertiary alicyclic amines) is 1. The van der Waals surface area contributed by atoms with Gasteiger partial charge in [0, 0.05) is 96.2 Å². The number of ether oxygens (including phenoxy) is 6. The summed E-state index contributed by atoms with van der Waals surface area (Å²) < 4.78 is 35.0. The van der Waals surface area contributed by atoms with E-state index in [9.17, 15) is 24.3 Å². The van der Waals surface area contributed by atoms with E-state index in [0.717, 1.165) is 82.6 Å². The predicted molar refractivity (Wildman–Crippen MR) is 304 cm³/mol. The number of anilines is 3. The third-order valence-electron chi connectivity index (χ3n) is 13.7. The van der Waals surface area contributed by atoms with E-state index in [1.807, 2.05) is 88.8 Å². The fraction of sp³-hybridized carbons (Fsp3) is 0.596. The molecule has 0 bridgehead atoms. The molecule has 1 aliphatic heterocycles. The molecule has 4 aromatic rings. The van der Waals surface area contributed by atoms with Crippen LogP contribution in [0.1, 0.15) is 89.8 Å². The molecule has 0 unspecified atom stereocenters. The molecule has 1 saturated carbocycles. The number of nitrogens with zero attached hydrogens (tertiary/aromatic N) is 5. The number of carbonyl (C=O) groups excluding carboxylic acids is 4. The molecule has 2 fully saturated rings. The van der Waals surface area contributed by atoms with Crippen molar-refractivity contribution in [1.82, 2.24) is 30.1 Å². The first-order chi connectivity index (χ1) is 37.7. The van der Waals surface area contributed by atoms with Crippen molar-refractivity contribution in [2.75, 3.05) is 110 Å². The summed E-state index contributed by atoms with van der Waals surface area (Å²) in [6, 6.07) is 14.6. The normalized spacial score (nSPS) is 15.9. The molecule has 21 heteroatoms. The highest BCUT2D eigenvalue weighted by atomic mass is 79.9. The molecule has 6 rings (SSSR count). The topological polar surface area (TPSA) is 225 Å². The molecule has 19 nitrogen and oxygen atoms in total. The minimum absolute atomic E-state index is 0.0327. The van der Waals surface area contributed by atoms with Gasteiger partial charge < -0.3 is 59.3 Å². The molecular formula is C57H81BrN8O11S. The van der Waals surface area contributed by atoms with Gasteiger partial charge in [-0.1, -0.05) is 51.5 Å². The van der Waals surface area contributed by atoms with E-state index in [4.69, 9.17) is 28.4 Å². The maximum absolute atomic E-state index is 14.0. The van der Waals surface area contributed by atoms with E-state index in [-0.39, 0.29) is 68.6 Å². The fourth-order valence-corrected chi connectivity index (χ4v) is 9.96. The third-order valence-corrected chi connectivity index (χ3v) is 15.2. The maximum atomic E-state index is 14.0. The number of aliphatic hydroxyl groups excluding tert-OH is 1. The Labute approximate surface area is 472 Å². The Morgan fingerprint density at radius 1 is 0.846 bits per heavy atom. The predicted octanol–water partition coefficient (Wildman–Crippen LogP) is 8.01. The van der Waals surface area contributed by atoms with Gasteiger partial charge in [-0.3, -0.25) is 19.2 Å². The number of hydrogen-bond acceptors (Lipinski definition) is 17. The summed E-state index contributed by atoms with van der Waals surface area (Å²) in [5.41, 5.74) is 5.00. The number of amides is 3. The van der Waals surface area contributed by atoms with Crippen LogP contribution in [0.4, 0.5) is 17.5 Å². The number of thiazole rings is 1. The summed E-state index contributed by atoms with van der Waals surface area (Å²) in [6.07, 6.45) is 7.58. The van der Waals surface area contributed by atoms with E-state index in [0.29, 0.717) is 84.3 Å². The third kappa shape index (κ3) is 20.8. The summed E-state index contributed by atoms with van der Waals surface area (Å²) in [4.78, 5) is 70.5. The van der Waals surface area contributed by atoms with Gasteiger partial charge in [0.05, 0.1) is 59.7 Å². The minimum atomic E-state index is -0.836. The summed E-state index contributed by atoms with van der Waals surface area (Å²) in [6.45, 7) is 14.0. The first-order valence-electron chi connectivity index (χ1n) is 27.3. The molecular weight excluding hydrogens is 1080 g/mol. The molecule has 428 valence electrons. The minimum Gasteiger partial charge on any atom is -0.491 e. The highest BCUT2D eigenvalue weighted by molar-refractivity contribution is 9.10. The standard InChI is InChI=1S/C57H81BrN8O11S/c1-40-51(78-39-62-40)42-15-13-41(14-16-42)35-60-53(69)50-34-45(67)37-66(50)55(71)48(57(2,3)4)33-46(68)38-76-30-29-74-26-9-7-24-72-23-6-8-25-73-27-28-75-31-32-77-47-19-17-44(18-20-47)63-56-61-36-49(58)52(64-56)59-21-22-65(5)54(70)43-11-10-12-43/h13-20,36,39,43,45,48,50,67H,6-12,21-35,37-38H2,1-5H3,(H,60,69)(H2,59,61,63,64)/t45-,48-,50+/m0/s1. The summed E-state index contributed by atoms with van der Waals surface area (Å²) in [7, 11) is 1.85. The molecule has 3 atom stereocenters. The first kappa shape index (κ1) is 62.1. The van der Waals surface area contributed by atoms with Crippen LogP contribution in [0.25, 0.3) is 10.4 Å². The quantitative estimate of drug-likeness (QED) is 0.0317. The molecule has 1 saturated heterocycles. The number of Topliss-reactive ketones (excluding diaryl/α,β-unsaturated/α-hetero) is 1. The van der Waals surface area contributed by atoms with Gasteiger partial charge >= 0.3 is 0 Å². The van der Waals surface area contributed by atoms with Gasteiger partial charge in [0.1, 0.15) is 30.8 Å². The SMILES string of the molecule is Cc1ncsc1-c1ccc(CNC(=O)[C@H]2C[C@H](O)CN2C(=O)[C@H](CC(=O)COCCOCCCCOCCCCOCCOCCOc2ccc(Nc3ncc(Br)c(NCCN(C)C(=O)C4CCC4)n3)cc2)C(C)(C)C)cc1. The lowest BCUT2D eigenvalue weighted by Crippen LogP contribution is -2.50. The van der Waals surface area contributed by atoms with Crippen LogP contribution in [-0.4, -0.2) is 165 Å². The van der Waals surface area contributed by atoms with Crippen LogP contribution in [0.5, 0.6) is 5.75 Å². The average molecular weight is 1170 g/mol. The molecule has 0 spiro atoms. The fourth-order valence-electron chi connectivity index (χ4n) is 8.82. The number of hydrogen-bond donors (Lipinski definition) is 4. The van der Waals surface area contributed by atoms with Crippen LogP contribution in [0, 0.1) is 24.2 Å². The molecule has 1 aliphatic carbocycles. The Hall–Kier alpha value is -5.13. The smallest absolute Gasteiger partial charge is 0.243 e. The van der Waals surface area contributed by atoms with Crippen molar-refractivity contribution in [3.63, 3.8) is 0 Å². The molecule has 0 radical (unpaired) electrons. The van der Waals surface area contributed by atoms with Gasteiger partial charge in [0.15, 0.2) is 5.78 Å². The lowest BCUT2D eigenvalue weighted by atomic mass is 9.77. The van der Waals surface area contributed by atoms with Gasteiger partial charge in [-0.15, -0.1) is 11.3 Å². The van der Waals surface area contributed by atoms with Crippen molar-refractivity contribution in [1.29, 1.82) is 0 Å². The lowest BCUT2D eigenvalue weighted by molar-refractivity contribution is -0.146. The number of nitrogens with one attached hydrogen (secondary N) is 3. The molecule has 4 N–H and O–H groups in total. The second kappa shape index (κ2) is 32.8. The summed E-state index contributed by atoms with van der Waals surface area (Å²) in [5.74, 6) is 0.651. The number of halogens is 1. The van der Waals surface area contributed by atoms with Crippen molar-refractivity contribution < 1.29 is 52.7 Å². The average Bonchev–Trinajstić information content (AvgIpc) is 4.07. The van der Waals surface area contributed by atoms with Gasteiger partial charge in [-0.25, -0.2) is 9.97 Å². The number of aromatic nitrogens is 3. The van der Waals surface area contributed by atoms with E-state index < -0.39 is 23.5 Å². The maximum Gasteiger partial charge on any atom is 0.243 e. The number of likely N-dealkylation sites (N-methyl/N-ethyl adjacent to an activating group) is 1. The van der Waals surface area contributed by atoms with E-state index in [1.54, 1.807) is 22.4 Å². The summed E-state index contributed by atoms with van der Waals surface area (Å²) in [5, 5.41) is 20.0. The molecule has 78 heavy (non-hydrogen) atoms. The molecule has 3 heterocycles. The van der Waals surface area contributed by atoms with Crippen LogP contribution >= 0.6 is 27.3 Å². The first-order valence-corrected chi connectivity index (χ1v) is 29.0. The van der Waals surface area contributed by atoms with Crippen molar-refractivity contribution in [2.45, 2.75) is 104 Å². The number of carbonyl (C=O) groups is 4. The number of rotatable bonds is 36. The lowest BCUT2D eigenvalue weighted by Gasteiger charge is -2.34. The van der Waals surface area contributed by atoms with Crippen molar-refractivity contribution >= 4 is 68.2 Å². The Morgan fingerprint density at radius 3 is 2.09 bits per heavy atom. The van der Waals surface area contributed by atoms with Gasteiger partial charge in [-0.2, -0.15) is 4.98 Å². The zero-order valence-electron chi connectivity index (χ0n) is 46.1. The number of aryl methyl sites for hydroxylation is 1. The molecule has 2 aromatic carbocycles. The Balaban J connectivity index is 0.712. The van der Waals surface area contributed by atoms with Crippen molar-refractivity contribution in [2.24, 2.45) is 17.3 Å². The van der Waals surface area contributed by atoms with E-state index in [1.165, 1.54) is 4.90 Å². The number of benzene rings is 2. The van der Waals surface area contributed by atoms with Crippen LogP contribution in [-0.2, 0) is 49.4 Å². The Bertz CT molecular complexity index is 2460. The van der Waals surface area contributed by atoms with Crippen molar-refractivity contribution in [3.05, 3.63) is 76.0 Å². The molecule has 2 aliphatic rings. The van der Waals surface area contributed by atoms with Crippen LogP contribution in [0.2, 0.25) is 0 Å². The Morgan fingerprint density at radius 2 is 1.47 bits per heavy atom. The highest BCUT2D eigenvalue weighted by Crippen LogP contribution is 2.34. The van der Waals surface area contributed by atoms with E-state index >= 15 is 0 Å². The zero-order valence-corrected chi connectivity index (χ0v) is 48.5. The van der Waals surface area contributed by atoms with Crippen LogP contribution < -0.4 is 20.7 Å². The van der Waals surface area contributed by atoms with Crippen LogP contribution in [0.15, 0.2) is 64.7 Å². The second-order valence-electron chi connectivity index (χ2n) is 20.9. The van der Waals surface area contributed by atoms with Crippen LogP contribution in [0.3, 0.4) is 0 Å².